The topological polar surface area (TPSA) is 41.9 Å². The maximum Gasteiger partial charge on any atom is 0.205 e. The van der Waals surface area contributed by atoms with Crippen molar-refractivity contribution in [3.63, 3.8) is 0 Å². The van der Waals surface area contributed by atoms with Gasteiger partial charge >= 0.3 is 0 Å². The molecule has 4 nitrogen and oxygen atoms in total. The van der Waals surface area contributed by atoms with Crippen LogP contribution < -0.4 is 9.64 Å². The molecule has 133 valence electrons. The highest BCUT2D eigenvalue weighted by molar-refractivity contribution is 6.47. The van der Waals surface area contributed by atoms with Gasteiger partial charge in [0.25, 0.3) is 0 Å². The van der Waals surface area contributed by atoms with E-state index >= 15 is 0 Å². The highest BCUT2D eigenvalue weighted by atomic mass is 35.5. The number of hydrogen-bond acceptors (Lipinski definition) is 4. The van der Waals surface area contributed by atoms with E-state index in [-0.39, 0.29) is 10.8 Å². The minimum absolute atomic E-state index is 0.191. The fourth-order valence-corrected chi connectivity index (χ4v) is 3.17. The maximum absolute atomic E-state index is 11.7. The number of ketones is 1. The minimum atomic E-state index is -0.296. The Morgan fingerprint density at radius 1 is 1.32 bits per heavy atom. The Hall–Kier alpha value is -2.07. The van der Waals surface area contributed by atoms with E-state index in [9.17, 15) is 4.79 Å². The Morgan fingerprint density at radius 2 is 2.04 bits per heavy atom. The molecular formula is C20H24ClN2O2. The first-order chi connectivity index (χ1) is 11.9. The van der Waals surface area contributed by atoms with Crippen LogP contribution >= 0.6 is 11.6 Å². The summed E-state index contributed by atoms with van der Waals surface area (Å²) in [6.45, 7) is 9.30. The van der Waals surface area contributed by atoms with Crippen LogP contribution in [0.3, 0.4) is 0 Å². The van der Waals surface area contributed by atoms with E-state index in [1.807, 2.05) is 25.1 Å². The summed E-state index contributed by atoms with van der Waals surface area (Å²) in [6, 6.07) is 6.34. The van der Waals surface area contributed by atoms with Crippen LogP contribution in [0.4, 0.5) is 11.4 Å². The van der Waals surface area contributed by atoms with Crippen molar-refractivity contribution in [1.82, 2.24) is 0 Å². The number of rotatable bonds is 6. The number of methoxy groups -OCH3 is 1. The fraction of sp³-hybridized carbons (Fsp3) is 0.400. The average Bonchev–Trinajstić information content (AvgIpc) is 2.59. The van der Waals surface area contributed by atoms with Gasteiger partial charge in [-0.25, -0.2) is 4.99 Å². The lowest BCUT2D eigenvalue weighted by molar-refractivity contribution is -0.111. The third-order valence-corrected chi connectivity index (χ3v) is 4.57. The Kier molecular flexibility index (Phi) is 6.43. The van der Waals surface area contributed by atoms with E-state index in [4.69, 9.17) is 16.3 Å². The number of carbonyl (C=O) groups is 1. The molecule has 0 aromatic heterocycles. The summed E-state index contributed by atoms with van der Waals surface area (Å²) in [7, 11) is 1.63. The molecule has 0 N–H and O–H groups in total. The van der Waals surface area contributed by atoms with Gasteiger partial charge in [0, 0.05) is 36.0 Å². The molecule has 0 amide bonds. The Bertz CT molecular complexity index is 748. The Labute approximate surface area is 154 Å². The number of Topliss-reactive ketones (excluding diaryl/α,β-unsaturated/α-hetero) is 1. The summed E-state index contributed by atoms with van der Waals surface area (Å²) < 4.78 is 5.53. The Balaban J connectivity index is 2.47. The molecule has 1 aromatic rings. The molecule has 2 rings (SSSR count). The van der Waals surface area contributed by atoms with Gasteiger partial charge in [0.05, 0.1) is 17.9 Å². The van der Waals surface area contributed by atoms with Crippen LogP contribution in [0.25, 0.3) is 0 Å². The minimum Gasteiger partial charge on any atom is -0.494 e. The van der Waals surface area contributed by atoms with Crippen molar-refractivity contribution in [3.05, 3.63) is 41.0 Å². The van der Waals surface area contributed by atoms with E-state index in [1.165, 1.54) is 0 Å². The van der Waals surface area contributed by atoms with Gasteiger partial charge in [0.15, 0.2) is 0 Å². The highest BCUT2D eigenvalue weighted by Crippen LogP contribution is 2.34. The van der Waals surface area contributed by atoms with Crippen molar-refractivity contribution < 1.29 is 9.53 Å². The maximum atomic E-state index is 11.7. The molecular weight excluding hydrogens is 336 g/mol. The van der Waals surface area contributed by atoms with Crippen molar-refractivity contribution in [1.29, 1.82) is 0 Å². The molecule has 0 spiro atoms. The van der Waals surface area contributed by atoms with Crippen molar-refractivity contribution in [3.8, 4) is 5.75 Å². The van der Waals surface area contributed by atoms with Gasteiger partial charge in [-0.2, -0.15) is 0 Å². The lowest BCUT2D eigenvalue weighted by atomic mass is 10.00. The number of allylic oxidation sites excluding steroid dienone is 4. The van der Waals surface area contributed by atoms with Crippen LogP contribution in [-0.4, -0.2) is 31.2 Å². The SMILES string of the molecule is CCC1=C(Cl)C(=O)[C]=C/C1=N\c1ccc(N(CC)C(C)C)cc1OC. The van der Waals surface area contributed by atoms with Crippen LogP contribution in [0.5, 0.6) is 5.75 Å². The number of ether oxygens (including phenoxy) is 1. The quantitative estimate of drug-likeness (QED) is 0.682. The van der Waals surface area contributed by atoms with Gasteiger partial charge in [-0.05, 0) is 45.4 Å². The number of halogens is 1. The predicted octanol–water partition coefficient (Wildman–Crippen LogP) is 4.85. The zero-order chi connectivity index (χ0) is 18.6. The second-order valence-electron chi connectivity index (χ2n) is 6.00. The molecule has 1 aliphatic rings. The number of nitrogens with zero attached hydrogens (tertiary/aromatic N) is 2. The van der Waals surface area contributed by atoms with E-state index in [0.717, 1.165) is 17.8 Å². The molecule has 5 heteroatoms. The standard InChI is InChI=1S/C20H24ClN2O2/c1-6-15-16(10-11-18(24)20(15)21)22-17-9-8-14(12-19(17)25-5)23(7-2)13(3)4/h8-10,12-13H,6-7H2,1-5H3/b22-16+. The third-order valence-electron chi connectivity index (χ3n) is 4.17. The number of anilines is 1. The predicted molar refractivity (Wildman–Crippen MR) is 104 cm³/mol. The van der Waals surface area contributed by atoms with E-state index in [1.54, 1.807) is 13.2 Å². The van der Waals surface area contributed by atoms with Gasteiger partial charge in [0.2, 0.25) is 5.78 Å². The molecule has 0 saturated carbocycles. The van der Waals surface area contributed by atoms with E-state index < -0.39 is 0 Å². The molecule has 0 fully saturated rings. The number of carbonyl (C=O) groups excluding carboxylic acids is 1. The van der Waals surface area contributed by atoms with Crippen molar-refractivity contribution in [2.75, 3.05) is 18.6 Å². The van der Waals surface area contributed by atoms with Crippen LogP contribution in [0.1, 0.15) is 34.1 Å². The van der Waals surface area contributed by atoms with Crippen molar-refractivity contribution in [2.24, 2.45) is 4.99 Å². The first kappa shape index (κ1) is 19.3. The highest BCUT2D eigenvalue weighted by Gasteiger charge is 2.19. The molecule has 0 heterocycles. The molecule has 0 unspecified atom stereocenters. The molecule has 25 heavy (non-hydrogen) atoms. The molecule has 1 aromatic carbocycles. The zero-order valence-electron chi connectivity index (χ0n) is 15.4. The van der Waals surface area contributed by atoms with Gasteiger partial charge in [-0.3, -0.25) is 4.79 Å². The summed E-state index contributed by atoms with van der Waals surface area (Å²) >= 11 is 6.12. The Morgan fingerprint density at radius 3 is 2.60 bits per heavy atom. The van der Waals surface area contributed by atoms with Crippen molar-refractivity contribution in [2.45, 2.75) is 40.2 Å². The lowest BCUT2D eigenvalue weighted by Gasteiger charge is -2.28. The number of hydrogen-bond donors (Lipinski definition) is 0. The molecule has 0 atom stereocenters. The number of benzene rings is 1. The van der Waals surface area contributed by atoms with E-state index in [0.29, 0.717) is 29.6 Å². The van der Waals surface area contributed by atoms with Crippen LogP contribution in [0, 0.1) is 6.08 Å². The van der Waals surface area contributed by atoms with Crippen LogP contribution in [0.15, 0.2) is 39.9 Å². The third kappa shape index (κ3) is 4.13. The molecule has 1 aliphatic carbocycles. The van der Waals surface area contributed by atoms with E-state index in [2.05, 4.69) is 36.7 Å². The monoisotopic (exact) mass is 359 g/mol. The summed E-state index contributed by atoms with van der Waals surface area (Å²) in [6.07, 6.45) is 4.84. The van der Waals surface area contributed by atoms with Gasteiger partial charge in [0.1, 0.15) is 11.4 Å². The molecule has 0 saturated heterocycles. The lowest BCUT2D eigenvalue weighted by Crippen LogP contribution is -2.30. The fourth-order valence-electron chi connectivity index (χ4n) is 2.88. The first-order valence-corrected chi connectivity index (χ1v) is 8.87. The summed E-state index contributed by atoms with van der Waals surface area (Å²) in [5.74, 6) is 0.385. The van der Waals surface area contributed by atoms with Gasteiger partial charge < -0.3 is 9.64 Å². The van der Waals surface area contributed by atoms with Crippen molar-refractivity contribution >= 4 is 34.5 Å². The summed E-state index contributed by atoms with van der Waals surface area (Å²) in [4.78, 5) is 18.6. The molecule has 0 aliphatic heterocycles. The average molecular weight is 360 g/mol. The summed E-state index contributed by atoms with van der Waals surface area (Å²) in [5, 5.41) is 0.191. The van der Waals surface area contributed by atoms with Gasteiger partial charge in [-0.1, -0.05) is 18.5 Å². The summed E-state index contributed by atoms with van der Waals surface area (Å²) in [5.41, 5.74) is 3.16. The largest absolute Gasteiger partial charge is 0.494 e. The van der Waals surface area contributed by atoms with Gasteiger partial charge in [-0.15, -0.1) is 0 Å². The molecule has 1 radical (unpaired) electrons. The van der Waals surface area contributed by atoms with Crippen LogP contribution in [0.2, 0.25) is 0 Å². The first-order valence-electron chi connectivity index (χ1n) is 8.49. The normalized spacial score (nSPS) is 16.1. The second-order valence-corrected chi connectivity index (χ2v) is 6.37. The molecule has 0 bridgehead atoms. The smallest absolute Gasteiger partial charge is 0.205 e. The van der Waals surface area contributed by atoms with Crippen LogP contribution in [-0.2, 0) is 4.79 Å². The zero-order valence-corrected chi connectivity index (χ0v) is 16.1. The number of aliphatic imine (C=N–C) groups is 1. The second kappa shape index (κ2) is 8.34.